The highest BCUT2D eigenvalue weighted by Crippen LogP contribution is 2.29. The second-order valence-corrected chi connectivity index (χ2v) is 6.70. The summed E-state index contributed by atoms with van der Waals surface area (Å²) >= 11 is 5.11. The van der Waals surface area contributed by atoms with Crippen molar-refractivity contribution >= 4 is 33.2 Å². The summed E-state index contributed by atoms with van der Waals surface area (Å²) in [7, 11) is 0. The first-order valence-electron chi connectivity index (χ1n) is 6.77. The van der Waals surface area contributed by atoms with Crippen LogP contribution in [0, 0.1) is 0 Å². The molecule has 0 saturated heterocycles. The van der Waals surface area contributed by atoms with Gasteiger partial charge in [-0.25, -0.2) is 0 Å². The lowest BCUT2D eigenvalue weighted by molar-refractivity contribution is 0.0957. The number of amides is 1. The Hall–Kier alpha value is -0.350. The number of thiophene rings is 1. The third-order valence-electron chi connectivity index (χ3n) is 3.32. The number of carbonyl (C=O) groups is 1. The largest absolute Gasteiger partial charge is 0.351 e. The molecule has 0 fully saturated rings. The van der Waals surface area contributed by atoms with Crippen LogP contribution in [0.15, 0.2) is 6.07 Å². The number of aryl methyl sites for hydroxylation is 2. The van der Waals surface area contributed by atoms with Crippen LogP contribution in [0.2, 0.25) is 0 Å². The Bertz CT molecular complexity index is 379. The molecule has 1 aromatic heterocycles. The van der Waals surface area contributed by atoms with E-state index in [0.29, 0.717) is 0 Å². The second-order valence-electron chi connectivity index (χ2n) is 4.77. The number of unbranched alkanes of at least 4 members (excludes halogenated alkanes) is 2. The molecule has 0 unspecified atom stereocenters. The van der Waals surface area contributed by atoms with Gasteiger partial charge >= 0.3 is 0 Å². The number of hydrogen-bond acceptors (Lipinski definition) is 2. The van der Waals surface area contributed by atoms with Crippen LogP contribution in [-0.2, 0) is 12.8 Å². The van der Waals surface area contributed by atoms with E-state index in [2.05, 4.69) is 27.3 Å². The van der Waals surface area contributed by atoms with Gasteiger partial charge in [-0.15, -0.1) is 11.3 Å². The van der Waals surface area contributed by atoms with Crippen LogP contribution < -0.4 is 5.32 Å². The lowest BCUT2D eigenvalue weighted by atomic mass is 9.99. The van der Waals surface area contributed by atoms with E-state index in [-0.39, 0.29) is 5.91 Å². The summed E-state index contributed by atoms with van der Waals surface area (Å²) in [4.78, 5) is 14.3. The zero-order valence-corrected chi connectivity index (χ0v) is 13.0. The van der Waals surface area contributed by atoms with Gasteiger partial charge in [0.15, 0.2) is 0 Å². The predicted octanol–water partition coefficient (Wildman–Crippen LogP) is 3.92. The van der Waals surface area contributed by atoms with E-state index in [4.69, 9.17) is 0 Å². The van der Waals surface area contributed by atoms with Gasteiger partial charge in [0.05, 0.1) is 4.88 Å². The minimum atomic E-state index is 0.119. The van der Waals surface area contributed by atoms with Gasteiger partial charge in [-0.05, 0) is 50.2 Å². The van der Waals surface area contributed by atoms with Crippen molar-refractivity contribution in [1.29, 1.82) is 0 Å². The Kier molecular flexibility index (Phi) is 5.70. The monoisotopic (exact) mass is 329 g/mol. The van der Waals surface area contributed by atoms with Gasteiger partial charge in [0.2, 0.25) is 0 Å². The first-order valence-corrected chi connectivity index (χ1v) is 8.71. The summed E-state index contributed by atoms with van der Waals surface area (Å²) in [5.74, 6) is 0.119. The van der Waals surface area contributed by atoms with Crippen molar-refractivity contribution in [1.82, 2.24) is 5.32 Å². The fourth-order valence-electron chi connectivity index (χ4n) is 2.29. The van der Waals surface area contributed by atoms with Crippen LogP contribution >= 0.6 is 27.3 Å². The summed E-state index contributed by atoms with van der Waals surface area (Å²) in [5, 5.41) is 4.08. The highest BCUT2D eigenvalue weighted by atomic mass is 79.9. The van der Waals surface area contributed by atoms with Gasteiger partial charge in [0, 0.05) is 16.8 Å². The second kappa shape index (κ2) is 7.29. The molecule has 18 heavy (non-hydrogen) atoms. The van der Waals surface area contributed by atoms with Crippen molar-refractivity contribution in [3.8, 4) is 0 Å². The molecule has 4 heteroatoms. The smallest absolute Gasteiger partial charge is 0.261 e. The van der Waals surface area contributed by atoms with E-state index in [1.807, 2.05) is 0 Å². The van der Waals surface area contributed by atoms with Gasteiger partial charge in [-0.1, -0.05) is 22.4 Å². The van der Waals surface area contributed by atoms with Gasteiger partial charge in [0.1, 0.15) is 0 Å². The molecule has 2 rings (SSSR count). The molecule has 0 aromatic carbocycles. The zero-order chi connectivity index (χ0) is 12.8. The van der Waals surface area contributed by atoms with E-state index in [1.54, 1.807) is 11.3 Å². The Balaban J connectivity index is 1.80. The van der Waals surface area contributed by atoms with E-state index in [1.165, 1.54) is 42.5 Å². The van der Waals surface area contributed by atoms with Gasteiger partial charge < -0.3 is 5.32 Å². The quantitative estimate of drug-likeness (QED) is 0.622. The highest BCUT2D eigenvalue weighted by molar-refractivity contribution is 9.09. The summed E-state index contributed by atoms with van der Waals surface area (Å²) in [6.45, 7) is 0.800. The fourth-order valence-corrected chi connectivity index (χ4v) is 3.85. The van der Waals surface area contributed by atoms with Crippen LogP contribution in [-0.4, -0.2) is 17.8 Å². The maximum Gasteiger partial charge on any atom is 0.261 e. The number of fused-ring (bicyclic) bond motifs is 1. The fraction of sp³-hybridized carbons (Fsp3) is 0.643. The maximum absolute atomic E-state index is 12.0. The first kappa shape index (κ1) is 14.1. The van der Waals surface area contributed by atoms with Crippen molar-refractivity contribution < 1.29 is 4.79 Å². The van der Waals surface area contributed by atoms with Crippen molar-refractivity contribution in [3.05, 3.63) is 21.4 Å². The lowest BCUT2D eigenvalue weighted by Gasteiger charge is -2.08. The lowest BCUT2D eigenvalue weighted by Crippen LogP contribution is -2.23. The first-order chi connectivity index (χ1) is 8.81. The zero-order valence-electron chi connectivity index (χ0n) is 10.6. The standard InChI is InChI=1S/C14H20BrNOS/c15-8-4-1-5-9-16-14(17)13-10-11-6-2-3-7-12(11)18-13/h10H,1-9H2,(H,16,17). The van der Waals surface area contributed by atoms with Crippen molar-refractivity contribution in [2.75, 3.05) is 11.9 Å². The van der Waals surface area contributed by atoms with Crippen molar-refractivity contribution in [3.63, 3.8) is 0 Å². The molecule has 0 bridgehead atoms. The average molecular weight is 330 g/mol. The Labute approximate surface area is 121 Å². The van der Waals surface area contributed by atoms with Crippen LogP contribution in [0.1, 0.15) is 52.2 Å². The molecule has 0 aliphatic heterocycles. The Morgan fingerprint density at radius 3 is 2.89 bits per heavy atom. The molecular formula is C14H20BrNOS. The molecule has 0 saturated carbocycles. The molecule has 0 spiro atoms. The molecule has 2 nitrogen and oxygen atoms in total. The number of alkyl halides is 1. The van der Waals surface area contributed by atoms with Crippen LogP contribution in [0.25, 0.3) is 0 Å². The van der Waals surface area contributed by atoms with Crippen molar-refractivity contribution in [2.24, 2.45) is 0 Å². The molecular weight excluding hydrogens is 310 g/mol. The maximum atomic E-state index is 12.0. The molecule has 1 heterocycles. The highest BCUT2D eigenvalue weighted by Gasteiger charge is 2.16. The molecule has 0 atom stereocenters. The molecule has 100 valence electrons. The minimum Gasteiger partial charge on any atom is -0.351 e. The predicted molar refractivity (Wildman–Crippen MR) is 80.9 cm³/mol. The summed E-state index contributed by atoms with van der Waals surface area (Å²) in [5.41, 5.74) is 1.41. The topological polar surface area (TPSA) is 29.1 Å². The number of hydrogen-bond donors (Lipinski definition) is 1. The van der Waals surface area contributed by atoms with Crippen LogP contribution in [0.3, 0.4) is 0 Å². The third-order valence-corrected chi connectivity index (χ3v) is 5.11. The number of carbonyl (C=O) groups excluding carboxylic acids is 1. The Morgan fingerprint density at radius 2 is 2.11 bits per heavy atom. The number of nitrogens with one attached hydrogen (secondary N) is 1. The van der Waals surface area contributed by atoms with Crippen LogP contribution in [0.5, 0.6) is 0 Å². The summed E-state index contributed by atoms with van der Waals surface area (Å²) in [6, 6.07) is 2.10. The summed E-state index contributed by atoms with van der Waals surface area (Å²) in [6.07, 6.45) is 8.30. The third kappa shape index (κ3) is 3.82. The molecule has 1 amide bonds. The average Bonchev–Trinajstić information content (AvgIpc) is 2.82. The Morgan fingerprint density at radius 1 is 1.28 bits per heavy atom. The van der Waals surface area contributed by atoms with Crippen LogP contribution in [0.4, 0.5) is 0 Å². The molecule has 1 aliphatic rings. The molecule has 1 aromatic rings. The van der Waals surface area contributed by atoms with Crippen molar-refractivity contribution in [2.45, 2.75) is 44.9 Å². The van der Waals surface area contributed by atoms with Gasteiger partial charge in [-0.3, -0.25) is 4.79 Å². The van der Waals surface area contributed by atoms with Gasteiger partial charge in [-0.2, -0.15) is 0 Å². The molecule has 1 aliphatic carbocycles. The summed E-state index contributed by atoms with van der Waals surface area (Å²) < 4.78 is 0. The molecule has 1 N–H and O–H groups in total. The number of halogens is 1. The van der Waals surface area contributed by atoms with Gasteiger partial charge in [0.25, 0.3) is 5.91 Å². The van der Waals surface area contributed by atoms with E-state index < -0.39 is 0 Å². The normalized spacial score (nSPS) is 14.3. The van der Waals surface area contributed by atoms with E-state index in [0.717, 1.165) is 29.6 Å². The van der Waals surface area contributed by atoms with E-state index in [9.17, 15) is 4.79 Å². The van der Waals surface area contributed by atoms with E-state index >= 15 is 0 Å². The molecule has 0 radical (unpaired) electrons. The SMILES string of the molecule is O=C(NCCCCCBr)c1cc2c(s1)CCCC2. The minimum absolute atomic E-state index is 0.119. The number of rotatable bonds is 6.